The van der Waals surface area contributed by atoms with Gasteiger partial charge in [-0.05, 0) is 35.7 Å². The van der Waals surface area contributed by atoms with Crippen molar-refractivity contribution in [1.82, 2.24) is 5.32 Å². The van der Waals surface area contributed by atoms with Crippen LogP contribution in [0.2, 0.25) is 5.02 Å². The molecule has 0 spiro atoms. The summed E-state index contributed by atoms with van der Waals surface area (Å²) < 4.78 is 24.5. The monoisotopic (exact) mass is 349 g/mol. The first-order valence-corrected chi connectivity index (χ1v) is 8.09. The van der Waals surface area contributed by atoms with Crippen LogP contribution < -0.4 is 14.8 Å². The van der Waals surface area contributed by atoms with Gasteiger partial charge in [0.05, 0.1) is 11.4 Å². The molecule has 0 atom stereocenters. The minimum Gasteiger partial charge on any atom is -0.486 e. The normalized spacial score (nSPS) is 12.8. The zero-order chi connectivity index (χ0) is 16.9. The van der Waals surface area contributed by atoms with Crippen molar-refractivity contribution >= 4 is 17.5 Å². The third-order valence-corrected chi connectivity index (χ3v) is 3.98. The van der Waals surface area contributed by atoms with E-state index in [1.54, 1.807) is 30.3 Å². The highest BCUT2D eigenvalue weighted by Crippen LogP contribution is 2.38. The Bertz CT molecular complexity index is 751. The molecular weight excluding hydrogens is 333 g/mol. The molecule has 2 aromatic carbocycles. The molecule has 24 heavy (non-hydrogen) atoms. The third kappa shape index (κ3) is 3.97. The average molecular weight is 350 g/mol. The second kappa shape index (κ2) is 7.53. The SMILES string of the molecule is O=C(Cc1cc(Cl)c2c(c1)OCCO2)NCCc1ccccc1F. The van der Waals surface area contributed by atoms with Gasteiger partial charge < -0.3 is 14.8 Å². The van der Waals surface area contributed by atoms with E-state index in [1.165, 1.54) is 6.07 Å². The van der Waals surface area contributed by atoms with Gasteiger partial charge in [-0.1, -0.05) is 29.8 Å². The van der Waals surface area contributed by atoms with Crippen molar-refractivity contribution in [1.29, 1.82) is 0 Å². The summed E-state index contributed by atoms with van der Waals surface area (Å²) in [4.78, 5) is 12.0. The van der Waals surface area contributed by atoms with Crippen LogP contribution in [0, 0.1) is 5.82 Å². The van der Waals surface area contributed by atoms with Gasteiger partial charge >= 0.3 is 0 Å². The van der Waals surface area contributed by atoms with Crippen molar-refractivity contribution in [2.24, 2.45) is 0 Å². The summed E-state index contributed by atoms with van der Waals surface area (Å²) in [7, 11) is 0. The molecule has 126 valence electrons. The highest BCUT2D eigenvalue weighted by Gasteiger charge is 2.17. The van der Waals surface area contributed by atoms with Gasteiger partial charge in [0.15, 0.2) is 11.5 Å². The minimum absolute atomic E-state index is 0.154. The molecule has 2 aromatic rings. The molecule has 0 fully saturated rings. The van der Waals surface area contributed by atoms with Gasteiger partial charge in [-0.15, -0.1) is 0 Å². The number of benzene rings is 2. The molecule has 6 heteroatoms. The van der Waals surface area contributed by atoms with Crippen molar-refractivity contribution < 1.29 is 18.7 Å². The molecule has 1 N–H and O–H groups in total. The first-order valence-electron chi connectivity index (χ1n) is 7.71. The van der Waals surface area contributed by atoms with Crippen molar-refractivity contribution in [2.75, 3.05) is 19.8 Å². The Hall–Kier alpha value is -2.27. The second-order valence-corrected chi connectivity index (χ2v) is 5.88. The number of nitrogens with one attached hydrogen (secondary N) is 1. The number of hydrogen-bond donors (Lipinski definition) is 1. The first-order chi connectivity index (χ1) is 11.6. The lowest BCUT2D eigenvalue weighted by Crippen LogP contribution is -2.27. The Morgan fingerprint density at radius 1 is 1.21 bits per heavy atom. The number of rotatable bonds is 5. The Morgan fingerprint density at radius 3 is 2.83 bits per heavy atom. The van der Waals surface area contributed by atoms with Crippen LogP contribution >= 0.6 is 11.6 Å². The fraction of sp³-hybridized carbons (Fsp3) is 0.278. The number of fused-ring (bicyclic) bond motifs is 1. The van der Waals surface area contributed by atoms with Crippen molar-refractivity contribution in [3.05, 3.63) is 58.4 Å². The number of halogens is 2. The topological polar surface area (TPSA) is 47.6 Å². The van der Waals surface area contributed by atoms with Crippen LogP contribution in [0.15, 0.2) is 36.4 Å². The van der Waals surface area contributed by atoms with Crippen LogP contribution in [0.1, 0.15) is 11.1 Å². The van der Waals surface area contributed by atoms with E-state index in [0.29, 0.717) is 48.3 Å². The van der Waals surface area contributed by atoms with Gasteiger partial charge in [0.1, 0.15) is 19.0 Å². The molecule has 0 saturated heterocycles. The molecule has 0 bridgehead atoms. The van der Waals surface area contributed by atoms with Crippen molar-refractivity contribution in [3.63, 3.8) is 0 Å². The molecule has 4 nitrogen and oxygen atoms in total. The van der Waals surface area contributed by atoms with Gasteiger partial charge in [-0.3, -0.25) is 4.79 Å². The fourth-order valence-electron chi connectivity index (χ4n) is 2.55. The van der Waals surface area contributed by atoms with Gasteiger partial charge in [0.2, 0.25) is 5.91 Å². The molecule has 0 saturated carbocycles. The predicted octanol–water partition coefficient (Wildman–Crippen LogP) is 3.15. The van der Waals surface area contributed by atoms with E-state index < -0.39 is 0 Å². The van der Waals surface area contributed by atoms with Gasteiger partial charge in [-0.2, -0.15) is 0 Å². The van der Waals surface area contributed by atoms with Crippen LogP contribution in [0.25, 0.3) is 0 Å². The molecule has 1 aliphatic rings. The van der Waals surface area contributed by atoms with Crippen LogP contribution in [-0.4, -0.2) is 25.7 Å². The maximum Gasteiger partial charge on any atom is 0.224 e. The van der Waals surface area contributed by atoms with E-state index in [0.717, 1.165) is 5.56 Å². The minimum atomic E-state index is -0.259. The Labute approximate surface area is 144 Å². The van der Waals surface area contributed by atoms with E-state index >= 15 is 0 Å². The molecule has 1 amide bonds. The average Bonchev–Trinajstić information content (AvgIpc) is 2.57. The lowest BCUT2D eigenvalue weighted by Gasteiger charge is -2.20. The van der Waals surface area contributed by atoms with Gasteiger partial charge in [0.25, 0.3) is 0 Å². The quantitative estimate of drug-likeness (QED) is 0.902. The second-order valence-electron chi connectivity index (χ2n) is 5.47. The number of carbonyl (C=O) groups excluding carboxylic acids is 1. The van der Waals surface area contributed by atoms with E-state index in [-0.39, 0.29) is 18.1 Å². The molecular formula is C18H17ClFNO3. The van der Waals surface area contributed by atoms with Gasteiger partial charge in [0, 0.05) is 6.54 Å². The summed E-state index contributed by atoms with van der Waals surface area (Å²) in [6.45, 7) is 1.29. The highest BCUT2D eigenvalue weighted by molar-refractivity contribution is 6.32. The maximum atomic E-state index is 13.5. The highest BCUT2D eigenvalue weighted by atomic mass is 35.5. The lowest BCUT2D eigenvalue weighted by molar-refractivity contribution is -0.120. The summed E-state index contributed by atoms with van der Waals surface area (Å²) >= 11 is 6.15. The van der Waals surface area contributed by atoms with Crippen LogP contribution in [0.3, 0.4) is 0 Å². The number of amides is 1. The van der Waals surface area contributed by atoms with E-state index in [2.05, 4.69) is 5.32 Å². The molecule has 1 heterocycles. The zero-order valence-electron chi connectivity index (χ0n) is 13.0. The Balaban J connectivity index is 1.55. The molecule has 3 rings (SSSR count). The number of ether oxygens (including phenoxy) is 2. The number of hydrogen-bond acceptors (Lipinski definition) is 3. The largest absolute Gasteiger partial charge is 0.486 e. The summed E-state index contributed by atoms with van der Waals surface area (Å²) in [5, 5.41) is 3.22. The summed E-state index contributed by atoms with van der Waals surface area (Å²) in [6.07, 6.45) is 0.619. The van der Waals surface area contributed by atoms with Gasteiger partial charge in [-0.25, -0.2) is 4.39 Å². The lowest BCUT2D eigenvalue weighted by atomic mass is 10.1. The smallest absolute Gasteiger partial charge is 0.224 e. The molecule has 0 unspecified atom stereocenters. The summed E-state index contributed by atoms with van der Waals surface area (Å²) in [5.41, 5.74) is 1.33. The molecule has 0 aromatic heterocycles. The number of carbonyl (C=O) groups is 1. The summed E-state index contributed by atoms with van der Waals surface area (Å²) in [5.74, 6) is 0.666. The van der Waals surface area contributed by atoms with Crippen LogP contribution in [0.5, 0.6) is 11.5 Å². The molecule has 0 radical (unpaired) electrons. The standard InChI is InChI=1S/C18H17ClFNO3/c19-14-9-12(10-16-18(14)24-8-7-23-16)11-17(22)21-6-5-13-3-1-2-4-15(13)20/h1-4,9-10H,5-8,11H2,(H,21,22). The Morgan fingerprint density at radius 2 is 2.00 bits per heavy atom. The van der Waals surface area contributed by atoms with E-state index in [9.17, 15) is 9.18 Å². The zero-order valence-corrected chi connectivity index (χ0v) is 13.7. The first kappa shape index (κ1) is 16.6. The van der Waals surface area contributed by atoms with E-state index in [1.807, 2.05) is 0 Å². The summed E-state index contributed by atoms with van der Waals surface area (Å²) in [6, 6.07) is 10.00. The predicted molar refractivity (Wildman–Crippen MR) is 89.3 cm³/mol. The van der Waals surface area contributed by atoms with Crippen molar-refractivity contribution in [3.8, 4) is 11.5 Å². The van der Waals surface area contributed by atoms with E-state index in [4.69, 9.17) is 21.1 Å². The maximum absolute atomic E-state index is 13.5. The fourth-order valence-corrected chi connectivity index (χ4v) is 2.84. The van der Waals surface area contributed by atoms with Crippen LogP contribution in [0.4, 0.5) is 4.39 Å². The molecule has 0 aliphatic carbocycles. The molecule has 1 aliphatic heterocycles. The van der Waals surface area contributed by atoms with Crippen LogP contribution in [-0.2, 0) is 17.6 Å². The Kier molecular flexibility index (Phi) is 5.20. The van der Waals surface area contributed by atoms with Crippen molar-refractivity contribution in [2.45, 2.75) is 12.8 Å². The third-order valence-electron chi connectivity index (χ3n) is 3.70.